The molecule has 0 N–H and O–H groups in total. The van der Waals surface area contributed by atoms with Crippen LogP contribution >= 0.6 is 22.6 Å². The average molecular weight is 347 g/mol. The third-order valence-electron chi connectivity index (χ3n) is 1.62. The number of carbonyl (C=O) groups excluding carboxylic acids is 1. The molecule has 0 aromatic heterocycles. The van der Waals surface area contributed by atoms with Gasteiger partial charge in [0.1, 0.15) is 5.75 Å². The standard InChI is InChI=1S/C7H3NO5.C3H3I/c9-7-12-4-1-2-6(13-7)5(3-4)8(10)11;1-2-3-4/h1-3H;1H3. The molecule has 2 aliphatic heterocycles. The molecule has 0 saturated heterocycles. The van der Waals surface area contributed by atoms with Gasteiger partial charge in [-0.05, 0) is 23.0 Å². The van der Waals surface area contributed by atoms with Crippen molar-refractivity contribution in [1.82, 2.24) is 0 Å². The Labute approximate surface area is 110 Å². The first-order valence-corrected chi connectivity index (χ1v) is 5.37. The first kappa shape index (κ1) is 13.2. The van der Waals surface area contributed by atoms with Crippen molar-refractivity contribution >= 4 is 34.4 Å². The number of rotatable bonds is 1. The van der Waals surface area contributed by atoms with Crippen molar-refractivity contribution in [2.24, 2.45) is 0 Å². The lowest BCUT2D eigenvalue weighted by Crippen LogP contribution is -2.10. The number of nitrogens with zero attached hydrogens (tertiary/aromatic N) is 1. The summed E-state index contributed by atoms with van der Waals surface area (Å²) in [6.07, 6.45) is -0.955. The highest BCUT2D eigenvalue weighted by Gasteiger charge is 2.24. The number of carbonyl (C=O) groups is 1. The lowest BCUT2D eigenvalue weighted by molar-refractivity contribution is -0.385. The smallest absolute Gasteiger partial charge is 0.394 e. The van der Waals surface area contributed by atoms with Crippen LogP contribution in [0.3, 0.4) is 0 Å². The van der Waals surface area contributed by atoms with Crippen molar-refractivity contribution in [1.29, 1.82) is 0 Å². The molecule has 1 aromatic carbocycles. The third-order valence-corrected chi connectivity index (χ3v) is 2.16. The number of ether oxygens (including phenoxy) is 2. The van der Waals surface area contributed by atoms with Gasteiger partial charge in [-0.25, -0.2) is 4.79 Å². The summed E-state index contributed by atoms with van der Waals surface area (Å²) < 4.78 is 11.7. The molecule has 17 heavy (non-hydrogen) atoms. The zero-order chi connectivity index (χ0) is 12.8. The third kappa shape index (κ3) is 3.60. The zero-order valence-electron chi connectivity index (χ0n) is 8.60. The second-order valence-corrected chi connectivity index (χ2v) is 3.22. The number of hydrogen-bond acceptors (Lipinski definition) is 5. The summed E-state index contributed by atoms with van der Waals surface area (Å²) in [7, 11) is 0. The van der Waals surface area contributed by atoms with E-state index in [0.29, 0.717) is 0 Å². The van der Waals surface area contributed by atoms with Crippen LogP contribution in [-0.4, -0.2) is 11.1 Å². The highest BCUT2D eigenvalue weighted by atomic mass is 127. The molecule has 2 heterocycles. The number of fused-ring (bicyclic) bond motifs is 4. The van der Waals surface area contributed by atoms with E-state index in [9.17, 15) is 14.9 Å². The molecule has 88 valence electrons. The molecule has 0 saturated carbocycles. The van der Waals surface area contributed by atoms with Gasteiger partial charge in [-0.2, -0.15) is 0 Å². The van der Waals surface area contributed by atoms with Gasteiger partial charge in [0.05, 0.1) is 11.0 Å². The lowest BCUT2D eigenvalue weighted by Gasteiger charge is -1.95. The highest BCUT2D eigenvalue weighted by molar-refractivity contribution is 14.1. The van der Waals surface area contributed by atoms with E-state index >= 15 is 0 Å². The SMILES string of the molecule is CC#CI.O=C1Oc2ccc(c([N+](=O)[O-])c2)O1. The van der Waals surface area contributed by atoms with Gasteiger partial charge in [0.25, 0.3) is 0 Å². The number of halogens is 1. The second kappa shape index (κ2) is 6.05. The Hall–Kier alpha value is -1.82. The number of nitro groups is 1. The number of nitro benzene ring substituents is 1. The van der Waals surface area contributed by atoms with E-state index in [1.807, 2.05) is 29.5 Å². The Balaban J connectivity index is 0.000000317. The van der Waals surface area contributed by atoms with Crippen LogP contribution in [0.1, 0.15) is 6.92 Å². The van der Waals surface area contributed by atoms with Crippen molar-refractivity contribution in [3.8, 4) is 21.3 Å². The van der Waals surface area contributed by atoms with Crippen LogP contribution in [-0.2, 0) is 0 Å². The van der Waals surface area contributed by atoms with Crippen LogP contribution < -0.4 is 9.47 Å². The van der Waals surface area contributed by atoms with E-state index in [1.165, 1.54) is 12.1 Å². The molecular formula is C10H6INO5. The van der Waals surface area contributed by atoms with Crippen LogP contribution in [0.5, 0.6) is 11.5 Å². The van der Waals surface area contributed by atoms with E-state index in [-0.39, 0.29) is 17.2 Å². The molecule has 0 unspecified atom stereocenters. The summed E-state index contributed by atoms with van der Waals surface area (Å²) in [4.78, 5) is 20.5. The minimum Gasteiger partial charge on any atom is -0.394 e. The Bertz CT molecular complexity index is 511. The van der Waals surface area contributed by atoms with E-state index in [4.69, 9.17) is 0 Å². The van der Waals surface area contributed by atoms with E-state index in [0.717, 1.165) is 6.07 Å². The molecule has 6 nitrogen and oxygen atoms in total. The normalized spacial score (nSPS) is 10.8. The minimum absolute atomic E-state index is 0.101. The van der Waals surface area contributed by atoms with Crippen LogP contribution in [0.2, 0.25) is 0 Å². The fraction of sp³-hybridized carbons (Fsp3) is 0.100. The van der Waals surface area contributed by atoms with Crippen molar-refractivity contribution in [3.05, 3.63) is 28.3 Å². The summed E-state index contributed by atoms with van der Waals surface area (Å²) in [6.45, 7) is 1.81. The van der Waals surface area contributed by atoms with Crippen LogP contribution in [0.4, 0.5) is 10.5 Å². The Morgan fingerprint density at radius 3 is 2.59 bits per heavy atom. The molecule has 2 aliphatic rings. The maximum atomic E-state index is 10.7. The van der Waals surface area contributed by atoms with Gasteiger partial charge in [-0.15, -0.1) is 0 Å². The predicted octanol–water partition coefficient (Wildman–Crippen LogP) is 2.89. The van der Waals surface area contributed by atoms with Crippen molar-refractivity contribution in [2.75, 3.05) is 0 Å². The van der Waals surface area contributed by atoms with Crippen molar-refractivity contribution in [3.63, 3.8) is 0 Å². The summed E-state index contributed by atoms with van der Waals surface area (Å²) >= 11 is 1.99. The largest absolute Gasteiger partial charge is 0.519 e. The zero-order valence-corrected chi connectivity index (χ0v) is 10.8. The first-order chi connectivity index (χ1) is 8.08. The van der Waals surface area contributed by atoms with Gasteiger partial charge in [0, 0.05) is 22.6 Å². The Morgan fingerprint density at radius 2 is 2.06 bits per heavy atom. The molecule has 0 aliphatic carbocycles. The van der Waals surface area contributed by atoms with Gasteiger partial charge in [-0.3, -0.25) is 10.1 Å². The maximum Gasteiger partial charge on any atom is 0.519 e. The fourth-order valence-corrected chi connectivity index (χ4v) is 0.996. The van der Waals surface area contributed by atoms with Crippen LogP contribution in [0.15, 0.2) is 18.2 Å². The molecule has 0 atom stereocenters. The van der Waals surface area contributed by atoms with Crippen molar-refractivity contribution in [2.45, 2.75) is 6.92 Å². The van der Waals surface area contributed by atoms with Gasteiger partial charge in [0.2, 0.25) is 5.75 Å². The molecule has 3 rings (SSSR count). The number of benzene rings is 1. The van der Waals surface area contributed by atoms with Gasteiger partial charge >= 0.3 is 11.8 Å². The highest BCUT2D eigenvalue weighted by Crippen LogP contribution is 2.33. The lowest BCUT2D eigenvalue weighted by atomic mass is 10.3. The topological polar surface area (TPSA) is 78.7 Å². The fourth-order valence-electron chi connectivity index (χ4n) is 0.996. The van der Waals surface area contributed by atoms with Crippen LogP contribution in [0, 0.1) is 20.0 Å². The Morgan fingerprint density at radius 1 is 1.41 bits per heavy atom. The van der Waals surface area contributed by atoms with E-state index in [2.05, 4.69) is 19.3 Å². The second-order valence-electron chi connectivity index (χ2n) is 2.69. The predicted molar refractivity (Wildman–Crippen MR) is 67.2 cm³/mol. The van der Waals surface area contributed by atoms with E-state index < -0.39 is 11.1 Å². The van der Waals surface area contributed by atoms with Crippen LogP contribution in [0.25, 0.3) is 0 Å². The van der Waals surface area contributed by atoms with Gasteiger partial charge in [0.15, 0.2) is 0 Å². The monoisotopic (exact) mass is 347 g/mol. The summed E-state index contributed by atoms with van der Waals surface area (Å²) in [6, 6.07) is 3.88. The molecule has 7 heteroatoms. The van der Waals surface area contributed by atoms with Gasteiger partial charge in [-0.1, -0.05) is 5.92 Å². The molecule has 1 aromatic rings. The summed E-state index contributed by atoms with van der Waals surface area (Å²) in [5.74, 6) is 2.68. The Kier molecular flexibility index (Phi) is 4.71. The quantitative estimate of drug-likeness (QED) is 0.195. The summed E-state index contributed by atoms with van der Waals surface area (Å²) in [5.41, 5.74) is -0.275. The van der Waals surface area contributed by atoms with Gasteiger partial charge < -0.3 is 9.47 Å². The molecule has 0 spiro atoms. The van der Waals surface area contributed by atoms with Crippen molar-refractivity contribution < 1.29 is 19.2 Å². The van der Waals surface area contributed by atoms with E-state index in [1.54, 1.807) is 0 Å². The molecule has 0 fully saturated rings. The maximum absolute atomic E-state index is 10.7. The first-order valence-electron chi connectivity index (χ1n) is 4.29. The molecular weight excluding hydrogens is 341 g/mol. The average Bonchev–Trinajstić information content (AvgIpc) is 2.57. The molecule has 0 radical (unpaired) electrons. The molecule has 2 bridgehead atoms. The minimum atomic E-state index is -0.955. The summed E-state index contributed by atoms with van der Waals surface area (Å²) in [5, 5.41) is 10.4. The molecule has 0 amide bonds. The number of hydrogen-bond donors (Lipinski definition) is 0.